The lowest BCUT2D eigenvalue weighted by Crippen LogP contribution is -2.05. The summed E-state index contributed by atoms with van der Waals surface area (Å²) in [5.74, 6) is 1.49. The molecule has 0 unspecified atom stereocenters. The Morgan fingerprint density at radius 2 is 2.12 bits per heavy atom. The summed E-state index contributed by atoms with van der Waals surface area (Å²) in [6, 6.07) is 0. The molecule has 0 radical (unpaired) electrons. The van der Waals surface area contributed by atoms with Gasteiger partial charge in [0.1, 0.15) is 15.0 Å². The Labute approximate surface area is 105 Å². The maximum atomic E-state index is 10.9. The first-order valence-corrected chi connectivity index (χ1v) is 8.34. The first-order chi connectivity index (χ1) is 7.31. The molecule has 0 N–H and O–H groups in total. The third-order valence-corrected chi connectivity index (χ3v) is 4.78. The van der Waals surface area contributed by atoms with Crippen LogP contribution in [0, 0.1) is 6.92 Å². The topological polar surface area (TPSA) is 52.0 Å². The zero-order chi connectivity index (χ0) is 12.3. The SMILES string of the molecule is Cc1nn(C)c(Cl)c1CSCCS(C)(=O)=O. The molecule has 0 saturated heterocycles. The van der Waals surface area contributed by atoms with Gasteiger partial charge in [0, 0.05) is 30.4 Å². The van der Waals surface area contributed by atoms with Crippen molar-refractivity contribution in [2.24, 2.45) is 7.05 Å². The van der Waals surface area contributed by atoms with E-state index >= 15 is 0 Å². The molecule has 7 heteroatoms. The van der Waals surface area contributed by atoms with Gasteiger partial charge in [-0.15, -0.1) is 0 Å². The largest absolute Gasteiger partial charge is 0.257 e. The number of hydrogen-bond donors (Lipinski definition) is 0. The quantitative estimate of drug-likeness (QED) is 0.771. The molecule has 0 fully saturated rings. The molecule has 1 rings (SSSR count). The standard InChI is InChI=1S/C9H15ClN2O2S2/c1-7-8(9(10)12(2)11-7)6-15-4-5-16(3,13)14/h4-6H2,1-3H3. The first-order valence-electron chi connectivity index (χ1n) is 4.74. The van der Waals surface area contributed by atoms with Crippen LogP contribution in [-0.2, 0) is 22.6 Å². The molecule has 92 valence electrons. The summed E-state index contributed by atoms with van der Waals surface area (Å²) in [6.45, 7) is 1.90. The second-order valence-corrected chi connectivity index (χ2v) is 7.38. The zero-order valence-corrected chi connectivity index (χ0v) is 11.9. The minimum absolute atomic E-state index is 0.203. The highest BCUT2D eigenvalue weighted by Crippen LogP contribution is 2.23. The molecule has 0 bridgehead atoms. The van der Waals surface area contributed by atoms with Crippen molar-refractivity contribution in [3.63, 3.8) is 0 Å². The van der Waals surface area contributed by atoms with E-state index in [4.69, 9.17) is 11.6 Å². The smallest absolute Gasteiger partial charge is 0.148 e. The Morgan fingerprint density at radius 1 is 1.50 bits per heavy atom. The van der Waals surface area contributed by atoms with Crippen LogP contribution in [0.2, 0.25) is 5.15 Å². The molecule has 0 aliphatic carbocycles. The zero-order valence-electron chi connectivity index (χ0n) is 9.53. The Balaban J connectivity index is 2.49. The van der Waals surface area contributed by atoms with Gasteiger partial charge in [-0.2, -0.15) is 16.9 Å². The van der Waals surface area contributed by atoms with E-state index in [-0.39, 0.29) is 5.75 Å². The van der Waals surface area contributed by atoms with E-state index in [0.29, 0.717) is 16.7 Å². The molecular weight excluding hydrogens is 268 g/mol. The molecule has 0 aromatic carbocycles. The van der Waals surface area contributed by atoms with E-state index in [2.05, 4.69) is 5.10 Å². The van der Waals surface area contributed by atoms with Crippen LogP contribution in [0.25, 0.3) is 0 Å². The molecular formula is C9H15ClN2O2S2. The van der Waals surface area contributed by atoms with E-state index in [1.165, 1.54) is 6.26 Å². The third-order valence-electron chi connectivity index (χ3n) is 2.11. The van der Waals surface area contributed by atoms with Crippen molar-refractivity contribution < 1.29 is 8.42 Å². The van der Waals surface area contributed by atoms with Crippen molar-refractivity contribution in [2.75, 3.05) is 17.8 Å². The van der Waals surface area contributed by atoms with Gasteiger partial charge in [-0.05, 0) is 6.92 Å². The Morgan fingerprint density at radius 3 is 2.56 bits per heavy atom. The first kappa shape index (κ1) is 13.9. The fourth-order valence-electron chi connectivity index (χ4n) is 1.22. The fourth-order valence-corrected chi connectivity index (χ4v) is 3.92. The van der Waals surface area contributed by atoms with Gasteiger partial charge in [-0.3, -0.25) is 4.68 Å². The number of aryl methyl sites for hydroxylation is 2. The van der Waals surface area contributed by atoms with Crippen LogP contribution in [0.5, 0.6) is 0 Å². The van der Waals surface area contributed by atoms with E-state index in [1.807, 2.05) is 6.92 Å². The average molecular weight is 283 g/mol. The van der Waals surface area contributed by atoms with E-state index in [1.54, 1.807) is 23.5 Å². The maximum Gasteiger partial charge on any atom is 0.148 e. The van der Waals surface area contributed by atoms with Crippen LogP contribution in [0.15, 0.2) is 0 Å². The van der Waals surface area contributed by atoms with Crippen LogP contribution < -0.4 is 0 Å². The van der Waals surface area contributed by atoms with Crippen LogP contribution in [-0.4, -0.2) is 36.0 Å². The highest BCUT2D eigenvalue weighted by molar-refractivity contribution is 7.99. The summed E-state index contributed by atoms with van der Waals surface area (Å²) in [5.41, 5.74) is 1.89. The molecule has 0 amide bonds. The summed E-state index contributed by atoms with van der Waals surface area (Å²) in [5, 5.41) is 4.82. The van der Waals surface area contributed by atoms with E-state index in [9.17, 15) is 8.42 Å². The maximum absolute atomic E-state index is 10.9. The van der Waals surface area contributed by atoms with Gasteiger partial charge in [0.05, 0.1) is 11.4 Å². The van der Waals surface area contributed by atoms with Crippen LogP contribution in [0.3, 0.4) is 0 Å². The second kappa shape index (κ2) is 5.42. The van der Waals surface area contributed by atoms with Gasteiger partial charge in [-0.25, -0.2) is 8.42 Å². The number of nitrogens with zero attached hydrogens (tertiary/aromatic N) is 2. The summed E-state index contributed by atoms with van der Waals surface area (Å²) in [4.78, 5) is 0. The van der Waals surface area contributed by atoms with Gasteiger partial charge < -0.3 is 0 Å². The normalized spacial score (nSPS) is 12.0. The lowest BCUT2D eigenvalue weighted by molar-refractivity contribution is 0.603. The highest BCUT2D eigenvalue weighted by atomic mass is 35.5. The molecule has 1 heterocycles. The van der Waals surface area contributed by atoms with Gasteiger partial charge >= 0.3 is 0 Å². The van der Waals surface area contributed by atoms with Crippen LogP contribution in [0.1, 0.15) is 11.3 Å². The van der Waals surface area contributed by atoms with Crippen molar-refractivity contribution in [1.82, 2.24) is 9.78 Å². The van der Waals surface area contributed by atoms with Crippen molar-refractivity contribution in [2.45, 2.75) is 12.7 Å². The minimum atomic E-state index is -2.87. The molecule has 0 aliphatic heterocycles. The van der Waals surface area contributed by atoms with Gasteiger partial charge in [-0.1, -0.05) is 11.6 Å². The molecule has 0 atom stereocenters. The molecule has 1 aromatic heterocycles. The summed E-state index contributed by atoms with van der Waals surface area (Å²) in [7, 11) is -1.08. The predicted octanol–water partition coefficient (Wildman–Crippen LogP) is 1.66. The number of halogens is 1. The lowest BCUT2D eigenvalue weighted by Gasteiger charge is -2.00. The van der Waals surface area contributed by atoms with Crippen molar-refractivity contribution >= 4 is 33.2 Å². The minimum Gasteiger partial charge on any atom is -0.257 e. The van der Waals surface area contributed by atoms with Crippen molar-refractivity contribution in [3.05, 3.63) is 16.4 Å². The van der Waals surface area contributed by atoms with Crippen LogP contribution >= 0.6 is 23.4 Å². The molecule has 1 aromatic rings. The van der Waals surface area contributed by atoms with E-state index < -0.39 is 9.84 Å². The Bertz CT molecular complexity index is 468. The van der Waals surface area contributed by atoms with Gasteiger partial charge in [0.2, 0.25) is 0 Å². The summed E-state index contributed by atoms with van der Waals surface area (Å²) in [6.07, 6.45) is 1.25. The van der Waals surface area contributed by atoms with Crippen molar-refractivity contribution in [3.8, 4) is 0 Å². The number of rotatable bonds is 5. The molecule has 0 spiro atoms. The van der Waals surface area contributed by atoms with Crippen molar-refractivity contribution in [1.29, 1.82) is 0 Å². The number of hydrogen-bond acceptors (Lipinski definition) is 4. The number of sulfone groups is 1. The molecule has 0 saturated carbocycles. The summed E-state index contributed by atoms with van der Waals surface area (Å²) < 4.78 is 23.5. The highest BCUT2D eigenvalue weighted by Gasteiger charge is 2.11. The summed E-state index contributed by atoms with van der Waals surface area (Å²) >= 11 is 7.61. The lowest BCUT2D eigenvalue weighted by atomic mass is 10.3. The van der Waals surface area contributed by atoms with Crippen LogP contribution in [0.4, 0.5) is 0 Å². The predicted molar refractivity (Wildman–Crippen MR) is 68.8 cm³/mol. The third kappa shape index (κ3) is 3.99. The number of aromatic nitrogens is 2. The van der Waals surface area contributed by atoms with E-state index in [0.717, 1.165) is 11.3 Å². The van der Waals surface area contributed by atoms with Gasteiger partial charge in [0.15, 0.2) is 0 Å². The second-order valence-electron chi connectivity index (χ2n) is 3.66. The molecule has 0 aliphatic rings. The fraction of sp³-hybridized carbons (Fsp3) is 0.667. The van der Waals surface area contributed by atoms with Gasteiger partial charge in [0.25, 0.3) is 0 Å². The number of thioether (sulfide) groups is 1. The Kier molecular flexibility index (Phi) is 4.70. The average Bonchev–Trinajstić information content (AvgIpc) is 2.36. The monoisotopic (exact) mass is 282 g/mol. The molecule has 16 heavy (non-hydrogen) atoms. The Hall–Kier alpha value is -0.200. The molecule has 4 nitrogen and oxygen atoms in total.